The first-order chi connectivity index (χ1) is 8.65. The molecule has 1 aromatic rings. The van der Waals surface area contributed by atoms with Crippen molar-refractivity contribution in [2.24, 2.45) is 0 Å². The van der Waals surface area contributed by atoms with E-state index >= 15 is 0 Å². The number of anilines is 1. The second-order valence-corrected chi connectivity index (χ2v) is 4.77. The molecule has 2 rings (SSSR count). The number of nitrogens with zero attached hydrogens (tertiary/aromatic N) is 2. The van der Waals surface area contributed by atoms with Crippen LogP contribution in [0.25, 0.3) is 0 Å². The van der Waals surface area contributed by atoms with Gasteiger partial charge in [0.15, 0.2) is 0 Å². The summed E-state index contributed by atoms with van der Waals surface area (Å²) in [6.45, 7) is 5.24. The summed E-state index contributed by atoms with van der Waals surface area (Å²) in [5, 5.41) is 18.4. The molecule has 18 heavy (non-hydrogen) atoms. The molecule has 0 aromatic heterocycles. The number of hydrogen-bond donors (Lipinski definition) is 1. The topological polar surface area (TPSA) is 56.5 Å². The summed E-state index contributed by atoms with van der Waals surface area (Å²) in [5.74, 6) is 0. The molecular formula is C14H18N2O2. The van der Waals surface area contributed by atoms with Crippen molar-refractivity contribution in [2.75, 3.05) is 24.7 Å². The van der Waals surface area contributed by atoms with Crippen molar-refractivity contribution in [1.29, 1.82) is 5.26 Å². The van der Waals surface area contributed by atoms with Gasteiger partial charge in [-0.1, -0.05) is 6.07 Å². The van der Waals surface area contributed by atoms with Gasteiger partial charge in [-0.3, -0.25) is 0 Å². The van der Waals surface area contributed by atoms with E-state index in [4.69, 9.17) is 4.74 Å². The first-order valence-corrected chi connectivity index (χ1v) is 6.15. The third-order valence-corrected chi connectivity index (χ3v) is 3.29. The number of aliphatic hydroxyl groups excluding tert-OH is 1. The van der Waals surface area contributed by atoms with Crippen molar-refractivity contribution >= 4 is 5.69 Å². The Labute approximate surface area is 107 Å². The van der Waals surface area contributed by atoms with Gasteiger partial charge >= 0.3 is 0 Å². The molecule has 1 fully saturated rings. The van der Waals surface area contributed by atoms with Crippen LogP contribution >= 0.6 is 0 Å². The molecule has 96 valence electrons. The van der Waals surface area contributed by atoms with Gasteiger partial charge in [-0.25, -0.2) is 0 Å². The van der Waals surface area contributed by atoms with Gasteiger partial charge in [0, 0.05) is 12.6 Å². The van der Waals surface area contributed by atoms with E-state index < -0.39 is 0 Å². The number of nitriles is 1. The summed E-state index contributed by atoms with van der Waals surface area (Å²) >= 11 is 0. The third-order valence-electron chi connectivity index (χ3n) is 3.29. The van der Waals surface area contributed by atoms with Crippen LogP contribution in [0.4, 0.5) is 5.69 Å². The third kappa shape index (κ3) is 2.47. The van der Waals surface area contributed by atoms with Crippen molar-refractivity contribution in [1.82, 2.24) is 0 Å². The molecule has 0 bridgehead atoms. The van der Waals surface area contributed by atoms with Gasteiger partial charge in [-0.15, -0.1) is 0 Å². The molecule has 0 aliphatic carbocycles. The molecule has 4 nitrogen and oxygen atoms in total. The van der Waals surface area contributed by atoms with E-state index in [9.17, 15) is 10.4 Å². The normalized spacial score (nSPS) is 23.8. The SMILES string of the molecule is Cc1ccc(N2CC(CO)OCC2C)c(C#N)c1. The Morgan fingerprint density at radius 2 is 2.33 bits per heavy atom. The quantitative estimate of drug-likeness (QED) is 0.858. The molecule has 0 spiro atoms. The minimum absolute atomic E-state index is 0.0109. The number of aryl methyl sites for hydroxylation is 1. The van der Waals surface area contributed by atoms with E-state index in [1.165, 1.54) is 0 Å². The lowest BCUT2D eigenvalue weighted by Gasteiger charge is -2.39. The second-order valence-electron chi connectivity index (χ2n) is 4.77. The molecule has 2 atom stereocenters. The van der Waals surface area contributed by atoms with E-state index in [1.807, 2.05) is 25.1 Å². The molecule has 1 aliphatic rings. The largest absolute Gasteiger partial charge is 0.394 e. The first-order valence-electron chi connectivity index (χ1n) is 6.15. The lowest BCUT2D eigenvalue weighted by molar-refractivity contribution is -0.0103. The fraction of sp³-hybridized carbons (Fsp3) is 0.500. The zero-order chi connectivity index (χ0) is 13.1. The zero-order valence-corrected chi connectivity index (χ0v) is 10.8. The summed E-state index contributed by atoms with van der Waals surface area (Å²) in [4.78, 5) is 2.14. The summed E-state index contributed by atoms with van der Waals surface area (Å²) in [7, 11) is 0. The van der Waals surface area contributed by atoms with Crippen LogP contribution in [0.1, 0.15) is 18.1 Å². The van der Waals surface area contributed by atoms with Crippen LogP contribution in [0.3, 0.4) is 0 Å². The van der Waals surface area contributed by atoms with Crippen LogP contribution in [-0.2, 0) is 4.74 Å². The van der Waals surface area contributed by atoms with Gasteiger partial charge in [0.1, 0.15) is 6.07 Å². The minimum atomic E-state index is -0.172. The van der Waals surface area contributed by atoms with Gasteiger partial charge in [0.05, 0.1) is 30.6 Å². The summed E-state index contributed by atoms with van der Waals surface area (Å²) < 4.78 is 5.51. The lowest BCUT2D eigenvalue weighted by atomic mass is 10.1. The Hall–Kier alpha value is -1.57. The van der Waals surface area contributed by atoms with Crippen LogP contribution in [0.2, 0.25) is 0 Å². The molecule has 4 heteroatoms. The molecule has 1 heterocycles. The number of morpholine rings is 1. The zero-order valence-electron chi connectivity index (χ0n) is 10.8. The average molecular weight is 246 g/mol. The fourth-order valence-corrected chi connectivity index (χ4v) is 2.25. The van der Waals surface area contributed by atoms with Crippen molar-refractivity contribution in [3.63, 3.8) is 0 Å². The Morgan fingerprint density at radius 1 is 1.56 bits per heavy atom. The molecule has 0 saturated carbocycles. The predicted molar refractivity (Wildman–Crippen MR) is 69.5 cm³/mol. The maximum atomic E-state index is 9.23. The Morgan fingerprint density at radius 3 is 3.00 bits per heavy atom. The highest BCUT2D eigenvalue weighted by Crippen LogP contribution is 2.26. The maximum absolute atomic E-state index is 9.23. The Bertz CT molecular complexity index is 467. The number of ether oxygens (including phenoxy) is 1. The standard InChI is InChI=1S/C14H18N2O2/c1-10-3-4-14(12(5-10)6-15)16-7-13(8-17)18-9-11(16)2/h3-5,11,13,17H,7-9H2,1-2H3. The predicted octanol–water partition coefficient (Wildman–Crippen LogP) is 1.45. The van der Waals surface area contributed by atoms with Crippen LogP contribution < -0.4 is 4.90 Å². The molecular weight excluding hydrogens is 228 g/mol. The number of aliphatic hydroxyl groups is 1. The van der Waals surface area contributed by atoms with Crippen molar-refractivity contribution in [3.05, 3.63) is 29.3 Å². The Kier molecular flexibility index (Phi) is 3.85. The van der Waals surface area contributed by atoms with Gasteiger partial charge in [0.25, 0.3) is 0 Å². The van der Waals surface area contributed by atoms with Gasteiger partial charge < -0.3 is 14.7 Å². The fourth-order valence-electron chi connectivity index (χ4n) is 2.25. The van der Waals surface area contributed by atoms with Crippen LogP contribution in [0.15, 0.2) is 18.2 Å². The Balaban J connectivity index is 2.32. The summed E-state index contributed by atoms with van der Waals surface area (Å²) in [6, 6.07) is 8.33. The molecule has 0 amide bonds. The number of hydrogen-bond acceptors (Lipinski definition) is 4. The summed E-state index contributed by atoms with van der Waals surface area (Å²) in [5.41, 5.74) is 2.69. The average Bonchev–Trinajstić information content (AvgIpc) is 2.39. The molecule has 2 unspecified atom stereocenters. The van der Waals surface area contributed by atoms with Gasteiger partial charge in [-0.05, 0) is 31.5 Å². The van der Waals surface area contributed by atoms with Crippen molar-refractivity contribution < 1.29 is 9.84 Å². The highest BCUT2D eigenvalue weighted by Gasteiger charge is 2.27. The smallest absolute Gasteiger partial charge is 0.101 e. The van der Waals surface area contributed by atoms with Gasteiger partial charge in [-0.2, -0.15) is 5.26 Å². The minimum Gasteiger partial charge on any atom is -0.394 e. The molecule has 1 saturated heterocycles. The van der Waals surface area contributed by atoms with Crippen molar-refractivity contribution in [2.45, 2.75) is 26.0 Å². The molecule has 0 radical (unpaired) electrons. The van der Waals surface area contributed by atoms with E-state index in [1.54, 1.807) is 0 Å². The lowest BCUT2D eigenvalue weighted by Crippen LogP contribution is -2.49. The second kappa shape index (κ2) is 5.38. The molecule has 1 aliphatic heterocycles. The van der Waals surface area contributed by atoms with Crippen LogP contribution in [-0.4, -0.2) is 37.0 Å². The number of benzene rings is 1. The monoisotopic (exact) mass is 246 g/mol. The van der Waals surface area contributed by atoms with E-state index in [-0.39, 0.29) is 18.8 Å². The summed E-state index contributed by atoms with van der Waals surface area (Å²) in [6.07, 6.45) is -0.172. The number of rotatable bonds is 2. The van der Waals surface area contributed by atoms with Crippen LogP contribution in [0.5, 0.6) is 0 Å². The molecule has 1 aromatic carbocycles. The highest BCUT2D eigenvalue weighted by molar-refractivity contribution is 5.61. The first kappa shape index (κ1) is 12.9. The van der Waals surface area contributed by atoms with E-state index in [2.05, 4.69) is 17.9 Å². The molecule has 1 N–H and O–H groups in total. The maximum Gasteiger partial charge on any atom is 0.101 e. The van der Waals surface area contributed by atoms with E-state index in [0.717, 1.165) is 11.3 Å². The van der Waals surface area contributed by atoms with E-state index in [0.29, 0.717) is 18.7 Å². The highest BCUT2D eigenvalue weighted by atomic mass is 16.5. The van der Waals surface area contributed by atoms with Gasteiger partial charge in [0.2, 0.25) is 0 Å². The van der Waals surface area contributed by atoms with Crippen molar-refractivity contribution in [3.8, 4) is 6.07 Å². The van der Waals surface area contributed by atoms with Crippen LogP contribution in [0, 0.1) is 18.3 Å².